The zero-order valence-corrected chi connectivity index (χ0v) is 12.8. The second-order valence-corrected chi connectivity index (χ2v) is 5.99. The SMILES string of the molecule is CCOC(O)Cn1cc(B2OC(C)(C)C(C)(C)O2)cn1. The molecule has 1 N–H and O–H groups in total. The Labute approximate surface area is 120 Å². The number of rotatable bonds is 5. The molecule has 1 unspecified atom stereocenters. The van der Waals surface area contributed by atoms with Crippen molar-refractivity contribution in [3.63, 3.8) is 0 Å². The summed E-state index contributed by atoms with van der Waals surface area (Å²) in [5.41, 5.74) is 0.0993. The predicted molar refractivity (Wildman–Crippen MR) is 75.6 cm³/mol. The first-order chi connectivity index (χ1) is 9.25. The lowest BCUT2D eigenvalue weighted by molar-refractivity contribution is -0.105. The average Bonchev–Trinajstić information content (AvgIpc) is 2.83. The molecule has 0 aliphatic carbocycles. The van der Waals surface area contributed by atoms with E-state index in [0.29, 0.717) is 6.61 Å². The molecule has 0 aromatic carbocycles. The zero-order valence-electron chi connectivity index (χ0n) is 12.8. The lowest BCUT2D eigenvalue weighted by Gasteiger charge is -2.32. The number of hydrogen-bond acceptors (Lipinski definition) is 5. The number of aliphatic hydroxyl groups is 1. The van der Waals surface area contributed by atoms with Crippen molar-refractivity contribution in [3.8, 4) is 0 Å². The Bertz CT molecular complexity index is 445. The predicted octanol–water partition coefficient (Wildman–Crippen LogP) is 0.537. The van der Waals surface area contributed by atoms with Crippen LogP contribution in [0, 0.1) is 0 Å². The van der Waals surface area contributed by atoms with Crippen molar-refractivity contribution in [2.45, 2.75) is 58.7 Å². The summed E-state index contributed by atoms with van der Waals surface area (Å²) in [7, 11) is -0.432. The van der Waals surface area contributed by atoms with Crippen LogP contribution < -0.4 is 5.46 Å². The summed E-state index contributed by atoms with van der Waals surface area (Å²) >= 11 is 0. The molecule has 2 rings (SSSR count). The average molecular weight is 282 g/mol. The fraction of sp³-hybridized carbons (Fsp3) is 0.769. The van der Waals surface area contributed by atoms with Crippen LogP contribution in [0.5, 0.6) is 0 Å². The highest BCUT2D eigenvalue weighted by molar-refractivity contribution is 6.61. The highest BCUT2D eigenvalue weighted by atomic mass is 16.7. The molecule has 20 heavy (non-hydrogen) atoms. The minimum atomic E-state index is -0.856. The van der Waals surface area contributed by atoms with Gasteiger partial charge in [0.15, 0.2) is 6.29 Å². The molecule has 1 aromatic rings. The van der Waals surface area contributed by atoms with Crippen molar-refractivity contribution < 1.29 is 19.2 Å². The standard InChI is InChI=1S/C13H23BN2O4/c1-6-18-11(17)9-16-8-10(7-15-16)14-19-12(2,3)13(4,5)20-14/h7-8,11,17H,6,9H2,1-5H3. The van der Waals surface area contributed by atoms with Gasteiger partial charge in [-0.25, -0.2) is 0 Å². The Morgan fingerprint density at radius 1 is 1.35 bits per heavy atom. The Kier molecular flexibility index (Phi) is 4.25. The fourth-order valence-electron chi connectivity index (χ4n) is 1.99. The van der Waals surface area contributed by atoms with Gasteiger partial charge in [-0.05, 0) is 34.6 Å². The molecule has 112 valence electrons. The molecular formula is C13H23BN2O4. The summed E-state index contributed by atoms with van der Waals surface area (Å²) < 4.78 is 18.6. The minimum absolute atomic E-state index is 0.285. The van der Waals surface area contributed by atoms with E-state index in [9.17, 15) is 5.11 Å². The van der Waals surface area contributed by atoms with Crippen LogP contribution in [-0.4, -0.2) is 46.1 Å². The van der Waals surface area contributed by atoms with Gasteiger partial charge in [0.25, 0.3) is 0 Å². The molecular weight excluding hydrogens is 259 g/mol. The van der Waals surface area contributed by atoms with Crippen LogP contribution in [0.4, 0.5) is 0 Å². The highest BCUT2D eigenvalue weighted by Gasteiger charge is 2.52. The number of hydrogen-bond donors (Lipinski definition) is 1. The van der Waals surface area contributed by atoms with Crippen LogP contribution in [0.25, 0.3) is 0 Å². The summed E-state index contributed by atoms with van der Waals surface area (Å²) in [4.78, 5) is 0. The quantitative estimate of drug-likeness (QED) is 0.630. The first-order valence-corrected chi connectivity index (χ1v) is 6.93. The van der Waals surface area contributed by atoms with Crippen LogP contribution >= 0.6 is 0 Å². The maximum absolute atomic E-state index is 9.60. The van der Waals surface area contributed by atoms with Gasteiger partial charge in [-0.3, -0.25) is 4.68 Å². The van der Waals surface area contributed by atoms with E-state index in [2.05, 4.69) is 5.10 Å². The molecule has 6 nitrogen and oxygen atoms in total. The van der Waals surface area contributed by atoms with E-state index in [-0.39, 0.29) is 17.7 Å². The van der Waals surface area contributed by atoms with Gasteiger partial charge < -0.3 is 19.2 Å². The van der Waals surface area contributed by atoms with Crippen LogP contribution in [-0.2, 0) is 20.6 Å². The van der Waals surface area contributed by atoms with E-state index >= 15 is 0 Å². The third-order valence-corrected chi connectivity index (χ3v) is 3.88. The third-order valence-electron chi connectivity index (χ3n) is 3.88. The molecule has 1 aromatic heterocycles. The molecule has 1 atom stereocenters. The first-order valence-electron chi connectivity index (χ1n) is 6.93. The van der Waals surface area contributed by atoms with Crippen LogP contribution in [0.1, 0.15) is 34.6 Å². The van der Waals surface area contributed by atoms with Gasteiger partial charge in [-0.15, -0.1) is 0 Å². The van der Waals surface area contributed by atoms with Crippen molar-refractivity contribution in [2.75, 3.05) is 6.61 Å². The minimum Gasteiger partial charge on any atom is -0.399 e. The molecule has 1 aliphatic rings. The largest absolute Gasteiger partial charge is 0.498 e. The Balaban J connectivity index is 2.03. The lowest BCUT2D eigenvalue weighted by atomic mass is 9.82. The fourth-order valence-corrected chi connectivity index (χ4v) is 1.99. The number of nitrogens with zero attached hydrogens (tertiary/aromatic N) is 2. The molecule has 1 aliphatic heterocycles. The second-order valence-electron chi connectivity index (χ2n) is 5.99. The van der Waals surface area contributed by atoms with Gasteiger partial charge >= 0.3 is 7.12 Å². The van der Waals surface area contributed by atoms with E-state index < -0.39 is 13.4 Å². The third kappa shape index (κ3) is 3.06. The van der Waals surface area contributed by atoms with E-state index in [1.807, 2.05) is 40.8 Å². The maximum Gasteiger partial charge on any atom is 0.498 e. The van der Waals surface area contributed by atoms with E-state index in [1.54, 1.807) is 10.9 Å². The van der Waals surface area contributed by atoms with Crippen molar-refractivity contribution in [2.24, 2.45) is 0 Å². The molecule has 0 radical (unpaired) electrons. The van der Waals surface area contributed by atoms with Gasteiger partial charge in [0.05, 0.1) is 17.7 Å². The number of ether oxygens (including phenoxy) is 1. The zero-order chi connectivity index (χ0) is 15.0. The van der Waals surface area contributed by atoms with Crippen LogP contribution in [0.2, 0.25) is 0 Å². The van der Waals surface area contributed by atoms with E-state index in [4.69, 9.17) is 14.0 Å². The summed E-state index contributed by atoms with van der Waals surface area (Å²) in [6.07, 6.45) is 2.65. The van der Waals surface area contributed by atoms with Crippen molar-refractivity contribution in [1.29, 1.82) is 0 Å². The molecule has 0 saturated carbocycles. The van der Waals surface area contributed by atoms with E-state index in [1.165, 1.54) is 0 Å². The molecule has 1 fully saturated rings. The van der Waals surface area contributed by atoms with Gasteiger partial charge in [-0.1, -0.05) is 0 Å². The summed E-state index contributed by atoms with van der Waals surface area (Å²) in [6, 6.07) is 0. The Morgan fingerprint density at radius 2 is 1.95 bits per heavy atom. The Morgan fingerprint density at radius 3 is 2.50 bits per heavy atom. The van der Waals surface area contributed by atoms with Crippen LogP contribution in [0.15, 0.2) is 12.4 Å². The normalized spacial score (nSPS) is 22.2. The highest BCUT2D eigenvalue weighted by Crippen LogP contribution is 2.36. The summed E-state index contributed by atoms with van der Waals surface area (Å²) in [5.74, 6) is 0. The second kappa shape index (κ2) is 5.48. The van der Waals surface area contributed by atoms with Gasteiger partial charge in [0, 0.05) is 24.5 Å². The maximum atomic E-state index is 9.60. The first kappa shape index (κ1) is 15.5. The monoisotopic (exact) mass is 282 g/mol. The molecule has 2 heterocycles. The van der Waals surface area contributed by atoms with Crippen molar-refractivity contribution in [3.05, 3.63) is 12.4 Å². The lowest BCUT2D eigenvalue weighted by Crippen LogP contribution is -2.41. The summed E-state index contributed by atoms with van der Waals surface area (Å²) in [6.45, 7) is 10.6. The molecule has 7 heteroatoms. The number of aromatic nitrogens is 2. The van der Waals surface area contributed by atoms with Gasteiger partial charge in [0.1, 0.15) is 0 Å². The molecule has 0 amide bonds. The van der Waals surface area contributed by atoms with Crippen molar-refractivity contribution >= 4 is 12.6 Å². The topological polar surface area (TPSA) is 65.7 Å². The number of aliphatic hydroxyl groups excluding tert-OH is 1. The molecule has 0 bridgehead atoms. The van der Waals surface area contributed by atoms with E-state index in [0.717, 1.165) is 5.46 Å². The molecule has 1 saturated heterocycles. The Hall–Kier alpha value is -0.885. The van der Waals surface area contributed by atoms with Gasteiger partial charge in [0.2, 0.25) is 0 Å². The smallest absolute Gasteiger partial charge is 0.399 e. The van der Waals surface area contributed by atoms with Crippen molar-refractivity contribution in [1.82, 2.24) is 9.78 Å². The summed E-state index contributed by atoms with van der Waals surface area (Å²) in [5, 5.41) is 13.8. The van der Waals surface area contributed by atoms with Gasteiger partial charge in [-0.2, -0.15) is 5.10 Å². The van der Waals surface area contributed by atoms with Crippen LogP contribution in [0.3, 0.4) is 0 Å². The molecule has 0 spiro atoms.